The molecule has 156 valence electrons. The zero-order valence-corrected chi connectivity index (χ0v) is 19.1. The molecule has 0 aliphatic rings. The number of amides is 2. The van der Waals surface area contributed by atoms with Gasteiger partial charge in [0, 0.05) is 23.1 Å². The minimum Gasteiger partial charge on any atom is -0.483 e. The molecule has 0 bridgehead atoms. The van der Waals surface area contributed by atoms with Gasteiger partial charge in [0.1, 0.15) is 5.75 Å². The maximum absolute atomic E-state index is 12.1. The van der Waals surface area contributed by atoms with E-state index in [2.05, 4.69) is 52.6 Å². The Bertz CT molecular complexity index is 1040. The summed E-state index contributed by atoms with van der Waals surface area (Å²) in [5.41, 5.74) is 1.87. The minimum atomic E-state index is -0.509. The van der Waals surface area contributed by atoms with Crippen LogP contribution in [0.3, 0.4) is 0 Å². The highest BCUT2D eigenvalue weighted by atomic mass is 79.9. The van der Waals surface area contributed by atoms with Crippen LogP contribution in [-0.2, 0) is 4.79 Å². The number of hydrogen-bond donors (Lipinski definition) is 2. The first-order valence-corrected chi connectivity index (χ1v) is 10.5. The van der Waals surface area contributed by atoms with Crippen LogP contribution in [-0.4, -0.2) is 41.7 Å². The Kier molecular flexibility index (Phi) is 7.58. The fraction of sp³-hybridized carbons (Fsp3) is 0.200. The highest BCUT2D eigenvalue weighted by Gasteiger charge is 2.15. The third kappa shape index (κ3) is 6.14. The number of halogens is 2. The summed E-state index contributed by atoms with van der Waals surface area (Å²) in [7, 11) is 0. The summed E-state index contributed by atoms with van der Waals surface area (Å²) >= 11 is 6.71. The lowest BCUT2D eigenvalue weighted by Crippen LogP contribution is -2.36. The van der Waals surface area contributed by atoms with Crippen LogP contribution in [0, 0.1) is 6.92 Å². The molecule has 2 amide bonds. The summed E-state index contributed by atoms with van der Waals surface area (Å²) < 4.78 is 12.1. The summed E-state index contributed by atoms with van der Waals surface area (Å²) in [6, 6.07) is 12.9. The number of carbonyl (C=O) groups is 2. The first-order chi connectivity index (χ1) is 14.4. The van der Waals surface area contributed by atoms with E-state index in [9.17, 15) is 9.59 Å². The van der Waals surface area contributed by atoms with Crippen molar-refractivity contribution in [3.63, 3.8) is 0 Å². The van der Waals surface area contributed by atoms with Crippen molar-refractivity contribution in [2.75, 3.05) is 19.7 Å². The summed E-state index contributed by atoms with van der Waals surface area (Å²) in [6.45, 7) is 2.27. The Morgan fingerprint density at radius 2 is 1.80 bits per heavy atom. The molecule has 3 aromatic rings. The molecular weight excluding hydrogens is 520 g/mol. The van der Waals surface area contributed by atoms with Gasteiger partial charge >= 0.3 is 11.8 Å². The Balaban J connectivity index is 1.39. The fourth-order valence-electron chi connectivity index (χ4n) is 2.38. The number of aryl methyl sites for hydroxylation is 1. The molecule has 8 nitrogen and oxygen atoms in total. The number of rotatable bonds is 8. The van der Waals surface area contributed by atoms with Gasteiger partial charge in [-0.15, -0.1) is 0 Å². The first-order valence-electron chi connectivity index (χ1n) is 8.96. The quantitative estimate of drug-likeness (QED) is 0.426. The molecule has 0 saturated heterocycles. The van der Waals surface area contributed by atoms with Crippen molar-refractivity contribution in [3.8, 4) is 17.1 Å². The van der Waals surface area contributed by atoms with E-state index in [-0.39, 0.29) is 31.5 Å². The molecule has 10 heteroatoms. The number of carbonyl (C=O) groups excluding carboxylic acids is 2. The maximum Gasteiger partial charge on any atom is 0.316 e. The van der Waals surface area contributed by atoms with E-state index >= 15 is 0 Å². The number of nitrogens with zero attached hydrogens (tertiary/aromatic N) is 2. The van der Waals surface area contributed by atoms with E-state index in [1.807, 2.05) is 43.3 Å². The van der Waals surface area contributed by atoms with Crippen molar-refractivity contribution in [2.45, 2.75) is 6.92 Å². The Morgan fingerprint density at radius 1 is 1.07 bits per heavy atom. The molecule has 3 rings (SSSR count). The topological polar surface area (TPSA) is 106 Å². The second-order valence-electron chi connectivity index (χ2n) is 6.26. The second-order valence-corrected chi connectivity index (χ2v) is 8.03. The third-order valence-electron chi connectivity index (χ3n) is 3.92. The molecule has 0 fully saturated rings. The van der Waals surface area contributed by atoms with E-state index in [1.54, 1.807) is 6.07 Å². The molecule has 2 aromatic carbocycles. The third-order valence-corrected chi connectivity index (χ3v) is 5.03. The van der Waals surface area contributed by atoms with E-state index in [0.29, 0.717) is 11.6 Å². The van der Waals surface area contributed by atoms with Gasteiger partial charge in [-0.05, 0) is 41.1 Å². The molecule has 2 N–H and O–H groups in total. The van der Waals surface area contributed by atoms with Gasteiger partial charge in [-0.25, -0.2) is 0 Å². The summed E-state index contributed by atoms with van der Waals surface area (Å²) in [5.74, 6) is -0.0591. The minimum absolute atomic E-state index is 0.139. The molecule has 0 atom stereocenters. The van der Waals surface area contributed by atoms with Gasteiger partial charge in [-0.1, -0.05) is 50.9 Å². The van der Waals surface area contributed by atoms with Crippen LogP contribution in [0.5, 0.6) is 5.75 Å². The summed E-state index contributed by atoms with van der Waals surface area (Å²) in [4.78, 5) is 28.1. The van der Waals surface area contributed by atoms with Crippen LogP contribution in [0.4, 0.5) is 0 Å². The fourth-order valence-corrected chi connectivity index (χ4v) is 3.54. The largest absolute Gasteiger partial charge is 0.483 e. The Morgan fingerprint density at radius 3 is 2.53 bits per heavy atom. The predicted octanol–water partition coefficient (Wildman–Crippen LogP) is 3.50. The molecule has 0 saturated carbocycles. The van der Waals surface area contributed by atoms with Gasteiger partial charge in [-0.2, -0.15) is 4.98 Å². The standard InChI is InChI=1S/C20H18Br2N4O4/c1-12-2-4-13(5-3-12)18-25-20(30-26-18)19(28)24-9-8-23-17(27)11-29-16-7-6-14(21)10-15(16)22/h2-7,10H,8-9,11H2,1H3,(H,23,27)(H,24,28). The van der Waals surface area contributed by atoms with Crippen LogP contribution >= 0.6 is 31.9 Å². The van der Waals surface area contributed by atoms with E-state index in [1.165, 1.54) is 0 Å². The Labute approximate surface area is 189 Å². The molecular formula is C20H18Br2N4O4. The van der Waals surface area contributed by atoms with Crippen LogP contribution < -0.4 is 15.4 Å². The summed E-state index contributed by atoms with van der Waals surface area (Å²) in [6.07, 6.45) is 0. The van der Waals surface area contributed by atoms with Crippen molar-refractivity contribution in [2.24, 2.45) is 0 Å². The first kappa shape index (κ1) is 22.0. The maximum atomic E-state index is 12.1. The smallest absolute Gasteiger partial charge is 0.316 e. The van der Waals surface area contributed by atoms with E-state index in [4.69, 9.17) is 9.26 Å². The summed E-state index contributed by atoms with van der Waals surface area (Å²) in [5, 5.41) is 9.09. The van der Waals surface area contributed by atoms with Gasteiger partial charge in [0.2, 0.25) is 5.82 Å². The number of aromatic nitrogens is 2. The van der Waals surface area contributed by atoms with Crippen molar-refractivity contribution >= 4 is 43.7 Å². The zero-order chi connectivity index (χ0) is 21.5. The number of hydrogen-bond acceptors (Lipinski definition) is 6. The normalized spacial score (nSPS) is 10.5. The van der Waals surface area contributed by atoms with Gasteiger partial charge in [0.25, 0.3) is 5.91 Å². The number of benzene rings is 2. The lowest BCUT2D eigenvalue weighted by atomic mass is 10.1. The lowest BCUT2D eigenvalue weighted by molar-refractivity contribution is -0.123. The highest BCUT2D eigenvalue weighted by molar-refractivity contribution is 9.11. The van der Waals surface area contributed by atoms with Gasteiger partial charge < -0.3 is 19.9 Å². The molecule has 1 aromatic heterocycles. The molecule has 0 aliphatic heterocycles. The molecule has 30 heavy (non-hydrogen) atoms. The van der Waals surface area contributed by atoms with Crippen LogP contribution in [0.15, 0.2) is 55.9 Å². The highest BCUT2D eigenvalue weighted by Crippen LogP contribution is 2.28. The van der Waals surface area contributed by atoms with Gasteiger partial charge in [0.05, 0.1) is 4.47 Å². The molecule has 1 heterocycles. The van der Waals surface area contributed by atoms with E-state index in [0.717, 1.165) is 20.1 Å². The SMILES string of the molecule is Cc1ccc(-c2noc(C(=O)NCCNC(=O)COc3ccc(Br)cc3Br)n2)cc1. The average Bonchev–Trinajstić information content (AvgIpc) is 3.21. The van der Waals surface area contributed by atoms with Crippen molar-refractivity contribution < 1.29 is 18.8 Å². The molecule has 0 radical (unpaired) electrons. The molecule has 0 spiro atoms. The van der Waals surface area contributed by atoms with Crippen LogP contribution in [0.2, 0.25) is 0 Å². The number of ether oxygens (including phenoxy) is 1. The van der Waals surface area contributed by atoms with Crippen molar-refractivity contribution in [1.29, 1.82) is 0 Å². The zero-order valence-electron chi connectivity index (χ0n) is 15.9. The van der Waals surface area contributed by atoms with Gasteiger partial charge in [-0.3, -0.25) is 9.59 Å². The molecule has 0 aliphatic carbocycles. The predicted molar refractivity (Wildman–Crippen MR) is 117 cm³/mol. The Hall–Kier alpha value is -2.72. The van der Waals surface area contributed by atoms with Crippen LogP contribution in [0.25, 0.3) is 11.4 Å². The number of nitrogens with one attached hydrogen (secondary N) is 2. The molecule has 0 unspecified atom stereocenters. The van der Waals surface area contributed by atoms with Gasteiger partial charge in [0.15, 0.2) is 6.61 Å². The second kappa shape index (κ2) is 10.4. The van der Waals surface area contributed by atoms with Crippen molar-refractivity contribution in [3.05, 3.63) is 62.9 Å². The van der Waals surface area contributed by atoms with E-state index < -0.39 is 5.91 Å². The van der Waals surface area contributed by atoms with Crippen LogP contribution in [0.1, 0.15) is 16.2 Å². The average molecular weight is 538 g/mol. The lowest BCUT2D eigenvalue weighted by Gasteiger charge is -2.09. The monoisotopic (exact) mass is 536 g/mol. The van der Waals surface area contributed by atoms with Crippen molar-refractivity contribution in [1.82, 2.24) is 20.8 Å².